The zero-order chi connectivity index (χ0) is 16.2. The standard InChI is InChI=1S/C18H18N2O2S/c1-2-12-7-9-14(10-8-12)19-18-20-17(22)16(23-18)11-13-5-3-4-6-15(13)21/h3-11,18-19,21H,2H2,1H3,(H,20,22). The summed E-state index contributed by atoms with van der Waals surface area (Å²) in [4.78, 5) is 12.6. The number of thioether (sulfide) groups is 1. The van der Waals surface area contributed by atoms with Crippen LogP contribution in [0.5, 0.6) is 5.75 Å². The summed E-state index contributed by atoms with van der Waals surface area (Å²) < 4.78 is 0. The molecule has 1 heterocycles. The van der Waals surface area contributed by atoms with Gasteiger partial charge in [0.15, 0.2) is 5.50 Å². The van der Waals surface area contributed by atoms with E-state index in [1.807, 2.05) is 18.2 Å². The largest absolute Gasteiger partial charge is 0.507 e. The fourth-order valence-corrected chi connectivity index (χ4v) is 3.28. The van der Waals surface area contributed by atoms with Crippen LogP contribution in [0.1, 0.15) is 18.1 Å². The third-order valence-corrected chi connectivity index (χ3v) is 4.64. The van der Waals surface area contributed by atoms with E-state index in [9.17, 15) is 9.90 Å². The van der Waals surface area contributed by atoms with Crippen molar-refractivity contribution in [1.82, 2.24) is 5.32 Å². The molecule has 1 atom stereocenters. The number of carbonyl (C=O) groups is 1. The van der Waals surface area contributed by atoms with Crippen molar-refractivity contribution in [3.05, 3.63) is 64.6 Å². The Bertz CT molecular complexity index is 741. The molecule has 5 heteroatoms. The number of hydrogen-bond donors (Lipinski definition) is 3. The number of nitrogens with one attached hydrogen (secondary N) is 2. The Labute approximate surface area is 139 Å². The van der Waals surface area contributed by atoms with Gasteiger partial charge in [0.2, 0.25) is 0 Å². The number of amides is 1. The van der Waals surface area contributed by atoms with Gasteiger partial charge in [-0.1, -0.05) is 49.0 Å². The molecule has 3 N–H and O–H groups in total. The number of aryl methyl sites for hydroxylation is 1. The first kappa shape index (κ1) is 15.5. The van der Waals surface area contributed by atoms with Crippen LogP contribution >= 0.6 is 11.8 Å². The molecule has 1 aliphatic heterocycles. The molecule has 1 amide bonds. The summed E-state index contributed by atoms with van der Waals surface area (Å²) in [5, 5.41) is 16.0. The summed E-state index contributed by atoms with van der Waals surface area (Å²) in [6, 6.07) is 15.1. The number of anilines is 1. The SMILES string of the molecule is CCc1ccc(NC2NC(=O)C(=Cc3ccccc3O)S2)cc1. The minimum Gasteiger partial charge on any atom is -0.507 e. The van der Waals surface area contributed by atoms with Gasteiger partial charge < -0.3 is 15.7 Å². The number of phenolic OH excluding ortho intramolecular Hbond substituents is 1. The van der Waals surface area contributed by atoms with Crippen molar-refractivity contribution in [3.8, 4) is 5.75 Å². The number of para-hydroxylation sites is 1. The Kier molecular flexibility index (Phi) is 4.57. The van der Waals surface area contributed by atoms with E-state index in [0.717, 1.165) is 12.1 Å². The van der Waals surface area contributed by atoms with Crippen LogP contribution in [0.3, 0.4) is 0 Å². The van der Waals surface area contributed by atoms with E-state index in [4.69, 9.17) is 0 Å². The summed E-state index contributed by atoms with van der Waals surface area (Å²) >= 11 is 1.41. The van der Waals surface area contributed by atoms with Gasteiger partial charge in [0.05, 0.1) is 4.91 Å². The molecule has 2 aromatic carbocycles. The van der Waals surface area contributed by atoms with Crippen molar-refractivity contribution in [2.45, 2.75) is 18.8 Å². The van der Waals surface area contributed by atoms with Crippen LogP contribution in [0.15, 0.2) is 53.4 Å². The molecule has 1 saturated heterocycles. The van der Waals surface area contributed by atoms with Crippen LogP contribution in [0.2, 0.25) is 0 Å². The highest BCUT2D eigenvalue weighted by molar-refractivity contribution is 8.05. The van der Waals surface area contributed by atoms with E-state index >= 15 is 0 Å². The Hall–Kier alpha value is -2.40. The average molecular weight is 326 g/mol. The Morgan fingerprint density at radius 1 is 1.22 bits per heavy atom. The predicted molar refractivity (Wildman–Crippen MR) is 95.0 cm³/mol. The molecule has 0 aromatic heterocycles. The van der Waals surface area contributed by atoms with E-state index in [1.165, 1.54) is 17.3 Å². The second kappa shape index (κ2) is 6.79. The van der Waals surface area contributed by atoms with Crippen molar-refractivity contribution in [2.24, 2.45) is 0 Å². The number of benzene rings is 2. The highest BCUT2D eigenvalue weighted by atomic mass is 32.2. The predicted octanol–water partition coefficient (Wildman–Crippen LogP) is 3.55. The highest BCUT2D eigenvalue weighted by Crippen LogP contribution is 2.31. The molecular formula is C18H18N2O2S. The molecule has 0 spiro atoms. The van der Waals surface area contributed by atoms with Gasteiger partial charge in [-0.05, 0) is 36.3 Å². The summed E-state index contributed by atoms with van der Waals surface area (Å²) in [6.07, 6.45) is 2.71. The fourth-order valence-electron chi connectivity index (χ4n) is 2.30. The van der Waals surface area contributed by atoms with Crippen LogP contribution in [0.4, 0.5) is 5.69 Å². The minimum absolute atomic E-state index is 0.138. The maximum Gasteiger partial charge on any atom is 0.260 e. The monoisotopic (exact) mass is 326 g/mol. The van der Waals surface area contributed by atoms with Gasteiger partial charge in [-0.15, -0.1) is 0 Å². The van der Waals surface area contributed by atoms with Crippen LogP contribution in [0.25, 0.3) is 6.08 Å². The van der Waals surface area contributed by atoms with Gasteiger partial charge in [0, 0.05) is 11.3 Å². The quantitative estimate of drug-likeness (QED) is 0.752. The normalized spacial score (nSPS) is 18.9. The summed E-state index contributed by atoms with van der Waals surface area (Å²) in [7, 11) is 0. The lowest BCUT2D eigenvalue weighted by molar-refractivity contribution is -0.116. The van der Waals surface area contributed by atoms with Crippen LogP contribution < -0.4 is 10.6 Å². The van der Waals surface area contributed by atoms with Crippen molar-refractivity contribution >= 4 is 29.4 Å². The maximum atomic E-state index is 12.1. The van der Waals surface area contributed by atoms with Crippen molar-refractivity contribution < 1.29 is 9.90 Å². The average Bonchev–Trinajstić information content (AvgIpc) is 2.90. The molecule has 118 valence electrons. The Morgan fingerprint density at radius 2 is 1.96 bits per heavy atom. The van der Waals surface area contributed by atoms with Crippen molar-refractivity contribution in [3.63, 3.8) is 0 Å². The molecule has 0 saturated carbocycles. The van der Waals surface area contributed by atoms with E-state index in [1.54, 1.807) is 24.3 Å². The smallest absolute Gasteiger partial charge is 0.260 e. The van der Waals surface area contributed by atoms with Crippen molar-refractivity contribution in [2.75, 3.05) is 5.32 Å². The number of phenols is 1. The lowest BCUT2D eigenvalue weighted by Gasteiger charge is -2.12. The Morgan fingerprint density at radius 3 is 2.65 bits per heavy atom. The molecule has 4 nitrogen and oxygen atoms in total. The fraction of sp³-hybridized carbons (Fsp3) is 0.167. The summed E-state index contributed by atoms with van der Waals surface area (Å²) in [5.74, 6) is 0.0286. The first-order chi connectivity index (χ1) is 11.2. The third kappa shape index (κ3) is 3.68. The molecule has 0 aliphatic carbocycles. The van der Waals surface area contributed by atoms with Crippen LogP contribution in [0, 0.1) is 0 Å². The second-order valence-corrected chi connectivity index (χ2v) is 6.38. The number of hydrogen-bond acceptors (Lipinski definition) is 4. The molecule has 2 aromatic rings. The van der Waals surface area contributed by atoms with Gasteiger partial charge in [-0.2, -0.15) is 0 Å². The zero-order valence-corrected chi connectivity index (χ0v) is 13.6. The molecule has 23 heavy (non-hydrogen) atoms. The lowest BCUT2D eigenvalue weighted by atomic mass is 10.1. The molecule has 1 fully saturated rings. The zero-order valence-electron chi connectivity index (χ0n) is 12.7. The lowest BCUT2D eigenvalue weighted by Crippen LogP contribution is -2.30. The van der Waals surface area contributed by atoms with Crippen molar-refractivity contribution in [1.29, 1.82) is 0 Å². The molecule has 3 rings (SSSR count). The van der Waals surface area contributed by atoms with Crippen LogP contribution in [-0.2, 0) is 11.2 Å². The molecule has 1 unspecified atom stereocenters. The maximum absolute atomic E-state index is 12.1. The van der Waals surface area contributed by atoms with Gasteiger partial charge in [0.25, 0.3) is 5.91 Å². The molecular weight excluding hydrogens is 308 g/mol. The van der Waals surface area contributed by atoms with E-state index in [2.05, 4.69) is 29.7 Å². The van der Waals surface area contributed by atoms with Crippen LogP contribution in [-0.4, -0.2) is 16.5 Å². The summed E-state index contributed by atoms with van der Waals surface area (Å²) in [5.41, 5.74) is 2.66. The number of rotatable bonds is 4. The Balaban J connectivity index is 1.70. The number of aromatic hydroxyl groups is 1. The first-order valence-corrected chi connectivity index (χ1v) is 8.36. The van der Waals surface area contributed by atoms with E-state index in [-0.39, 0.29) is 17.2 Å². The van der Waals surface area contributed by atoms with Gasteiger partial charge in [-0.3, -0.25) is 4.79 Å². The molecule has 0 bridgehead atoms. The van der Waals surface area contributed by atoms with Gasteiger partial charge in [-0.25, -0.2) is 0 Å². The second-order valence-electron chi connectivity index (χ2n) is 5.23. The number of carbonyl (C=O) groups excluding carboxylic acids is 1. The van der Waals surface area contributed by atoms with Gasteiger partial charge in [0.1, 0.15) is 5.75 Å². The third-order valence-electron chi connectivity index (χ3n) is 3.61. The van der Waals surface area contributed by atoms with E-state index in [0.29, 0.717) is 10.5 Å². The highest BCUT2D eigenvalue weighted by Gasteiger charge is 2.27. The summed E-state index contributed by atoms with van der Waals surface area (Å²) in [6.45, 7) is 2.12. The topological polar surface area (TPSA) is 61.4 Å². The minimum atomic E-state index is -0.216. The first-order valence-electron chi connectivity index (χ1n) is 7.48. The van der Waals surface area contributed by atoms with Gasteiger partial charge >= 0.3 is 0 Å². The van der Waals surface area contributed by atoms with E-state index < -0.39 is 0 Å². The molecule has 1 aliphatic rings. The molecule has 0 radical (unpaired) electrons.